The van der Waals surface area contributed by atoms with E-state index in [0.717, 1.165) is 30.2 Å². The monoisotopic (exact) mass is 342 g/mol. The largest absolute Gasteiger partial charge is 0.493 e. The van der Waals surface area contributed by atoms with E-state index in [0.29, 0.717) is 5.92 Å². The van der Waals surface area contributed by atoms with Gasteiger partial charge < -0.3 is 10.1 Å². The molecule has 0 saturated carbocycles. The average molecular weight is 342 g/mol. The topological polar surface area (TPSA) is 64.4 Å². The summed E-state index contributed by atoms with van der Waals surface area (Å²) in [6.07, 6.45) is 4.83. The predicted molar refractivity (Wildman–Crippen MR) is 102 cm³/mol. The molecular formula is C20H26N2O3. The summed E-state index contributed by atoms with van der Waals surface area (Å²) < 4.78 is 5.90. The first kappa shape index (κ1) is 18.8. The second-order valence-electron chi connectivity index (χ2n) is 6.18. The SMILES string of the molecule is CCCCC(CC)COc1ccc(Nc2ccc([N+](=O)[O-])cc2)cc1. The lowest BCUT2D eigenvalue weighted by Gasteiger charge is -2.16. The Balaban J connectivity index is 1.87. The Bertz CT molecular complexity index is 654. The lowest BCUT2D eigenvalue weighted by Crippen LogP contribution is -2.11. The van der Waals surface area contributed by atoms with Crippen LogP contribution in [0.2, 0.25) is 0 Å². The van der Waals surface area contributed by atoms with Crippen LogP contribution >= 0.6 is 0 Å². The molecule has 0 heterocycles. The van der Waals surface area contributed by atoms with Gasteiger partial charge >= 0.3 is 0 Å². The maximum atomic E-state index is 10.7. The van der Waals surface area contributed by atoms with Gasteiger partial charge in [0.2, 0.25) is 0 Å². The molecule has 5 nitrogen and oxygen atoms in total. The highest BCUT2D eigenvalue weighted by atomic mass is 16.6. The summed E-state index contributed by atoms with van der Waals surface area (Å²) in [5.41, 5.74) is 1.81. The van der Waals surface area contributed by atoms with Crippen LogP contribution in [0.3, 0.4) is 0 Å². The van der Waals surface area contributed by atoms with Crippen LogP contribution in [0.4, 0.5) is 17.1 Å². The zero-order valence-electron chi connectivity index (χ0n) is 14.9. The Labute approximate surface area is 149 Å². The quantitative estimate of drug-likeness (QED) is 0.429. The van der Waals surface area contributed by atoms with E-state index in [2.05, 4.69) is 19.2 Å². The number of hydrogen-bond acceptors (Lipinski definition) is 4. The number of unbranched alkanes of at least 4 members (excludes halogenated alkanes) is 1. The molecule has 0 fully saturated rings. The molecule has 0 spiro atoms. The van der Waals surface area contributed by atoms with Crippen LogP contribution in [0.5, 0.6) is 5.75 Å². The van der Waals surface area contributed by atoms with Gasteiger partial charge in [0.25, 0.3) is 5.69 Å². The van der Waals surface area contributed by atoms with Gasteiger partial charge in [-0.15, -0.1) is 0 Å². The van der Waals surface area contributed by atoms with Crippen LogP contribution in [-0.2, 0) is 0 Å². The van der Waals surface area contributed by atoms with E-state index < -0.39 is 4.92 Å². The third-order valence-corrected chi connectivity index (χ3v) is 4.25. The fraction of sp³-hybridized carbons (Fsp3) is 0.400. The summed E-state index contributed by atoms with van der Waals surface area (Å²) in [5, 5.41) is 13.9. The first-order valence-corrected chi connectivity index (χ1v) is 8.86. The van der Waals surface area contributed by atoms with Gasteiger partial charge in [-0.1, -0.05) is 33.1 Å². The lowest BCUT2D eigenvalue weighted by atomic mass is 10.0. The van der Waals surface area contributed by atoms with Crippen molar-refractivity contribution in [1.82, 2.24) is 0 Å². The van der Waals surface area contributed by atoms with Gasteiger partial charge in [-0.3, -0.25) is 10.1 Å². The number of nitrogens with one attached hydrogen (secondary N) is 1. The predicted octanol–water partition coefficient (Wildman–Crippen LogP) is 5.93. The Morgan fingerprint density at radius 3 is 2.16 bits per heavy atom. The Kier molecular flexibility index (Phi) is 7.26. The molecule has 134 valence electrons. The molecule has 0 aliphatic carbocycles. The van der Waals surface area contributed by atoms with Crippen molar-refractivity contribution in [3.8, 4) is 5.75 Å². The van der Waals surface area contributed by atoms with Crippen molar-refractivity contribution in [3.05, 3.63) is 58.6 Å². The number of rotatable bonds is 10. The fourth-order valence-corrected chi connectivity index (χ4v) is 2.58. The van der Waals surface area contributed by atoms with Gasteiger partial charge in [0.05, 0.1) is 11.5 Å². The number of ether oxygens (including phenoxy) is 1. The van der Waals surface area contributed by atoms with E-state index in [-0.39, 0.29) is 5.69 Å². The lowest BCUT2D eigenvalue weighted by molar-refractivity contribution is -0.384. The maximum absolute atomic E-state index is 10.7. The van der Waals surface area contributed by atoms with E-state index >= 15 is 0 Å². The standard InChI is InChI=1S/C20H26N2O3/c1-3-5-6-16(4-2)15-25-20-13-9-18(10-14-20)21-17-7-11-19(12-8-17)22(23)24/h7-14,16,21H,3-6,15H2,1-2H3. The number of anilines is 2. The third-order valence-electron chi connectivity index (χ3n) is 4.25. The number of hydrogen-bond donors (Lipinski definition) is 1. The van der Waals surface area contributed by atoms with Crippen molar-refractivity contribution in [2.45, 2.75) is 39.5 Å². The van der Waals surface area contributed by atoms with Crippen molar-refractivity contribution in [3.63, 3.8) is 0 Å². The Morgan fingerprint density at radius 2 is 1.64 bits per heavy atom. The summed E-state index contributed by atoms with van der Waals surface area (Å²) in [4.78, 5) is 10.3. The molecule has 0 saturated heterocycles. The molecule has 0 bridgehead atoms. The van der Waals surface area contributed by atoms with E-state index in [4.69, 9.17) is 4.74 Å². The van der Waals surface area contributed by atoms with E-state index in [9.17, 15) is 10.1 Å². The molecule has 2 rings (SSSR count). The van der Waals surface area contributed by atoms with Crippen LogP contribution in [0.15, 0.2) is 48.5 Å². The summed E-state index contributed by atoms with van der Waals surface area (Å²) in [5.74, 6) is 1.47. The minimum Gasteiger partial charge on any atom is -0.493 e. The summed E-state index contributed by atoms with van der Waals surface area (Å²) in [6, 6.07) is 14.2. The van der Waals surface area contributed by atoms with Gasteiger partial charge in [-0.2, -0.15) is 0 Å². The van der Waals surface area contributed by atoms with Crippen molar-refractivity contribution < 1.29 is 9.66 Å². The number of benzene rings is 2. The van der Waals surface area contributed by atoms with Crippen LogP contribution in [-0.4, -0.2) is 11.5 Å². The summed E-state index contributed by atoms with van der Waals surface area (Å²) >= 11 is 0. The minimum absolute atomic E-state index is 0.0860. The number of nitro groups is 1. The molecule has 2 aromatic rings. The zero-order valence-corrected chi connectivity index (χ0v) is 14.9. The zero-order chi connectivity index (χ0) is 18.1. The number of nitrogens with zero attached hydrogens (tertiary/aromatic N) is 1. The highest BCUT2D eigenvalue weighted by molar-refractivity contribution is 5.61. The summed E-state index contributed by atoms with van der Waals surface area (Å²) in [6.45, 7) is 5.18. The maximum Gasteiger partial charge on any atom is 0.269 e. The number of nitro benzene ring substituents is 1. The molecular weight excluding hydrogens is 316 g/mol. The molecule has 0 radical (unpaired) electrons. The van der Waals surface area contributed by atoms with Gasteiger partial charge in [0.15, 0.2) is 0 Å². The molecule has 2 aromatic carbocycles. The molecule has 0 aliphatic heterocycles. The fourth-order valence-electron chi connectivity index (χ4n) is 2.58. The molecule has 25 heavy (non-hydrogen) atoms. The molecule has 1 atom stereocenters. The Hall–Kier alpha value is -2.56. The molecule has 0 aliphatic rings. The first-order valence-electron chi connectivity index (χ1n) is 8.86. The minimum atomic E-state index is -0.403. The highest BCUT2D eigenvalue weighted by Crippen LogP contribution is 2.23. The van der Waals surface area contributed by atoms with Crippen LogP contribution in [0.1, 0.15) is 39.5 Å². The van der Waals surface area contributed by atoms with Crippen molar-refractivity contribution in [2.75, 3.05) is 11.9 Å². The molecule has 0 amide bonds. The third kappa shape index (κ3) is 6.10. The highest BCUT2D eigenvalue weighted by Gasteiger charge is 2.07. The molecule has 1 N–H and O–H groups in total. The van der Waals surface area contributed by atoms with Crippen LogP contribution in [0, 0.1) is 16.0 Å². The molecule has 5 heteroatoms. The Morgan fingerprint density at radius 1 is 1.04 bits per heavy atom. The van der Waals surface area contributed by atoms with E-state index in [1.54, 1.807) is 12.1 Å². The van der Waals surface area contributed by atoms with Gasteiger partial charge in [-0.25, -0.2) is 0 Å². The van der Waals surface area contributed by atoms with Crippen LogP contribution < -0.4 is 10.1 Å². The van der Waals surface area contributed by atoms with Crippen molar-refractivity contribution in [1.29, 1.82) is 0 Å². The number of non-ortho nitro benzene ring substituents is 1. The summed E-state index contributed by atoms with van der Waals surface area (Å²) in [7, 11) is 0. The molecule has 1 unspecified atom stereocenters. The second-order valence-corrected chi connectivity index (χ2v) is 6.18. The van der Waals surface area contributed by atoms with Crippen molar-refractivity contribution in [2.24, 2.45) is 5.92 Å². The molecule has 0 aromatic heterocycles. The van der Waals surface area contributed by atoms with Gasteiger partial charge in [-0.05, 0) is 48.7 Å². The first-order chi connectivity index (χ1) is 12.1. The van der Waals surface area contributed by atoms with Crippen LogP contribution in [0.25, 0.3) is 0 Å². The van der Waals surface area contributed by atoms with Gasteiger partial charge in [0.1, 0.15) is 5.75 Å². The smallest absolute Gasteiger partial charge is 0.269 e. The second kappa shape index (κ2) is 9.67. The normalized spacial score (nSPS) is 11.8. The van der Waals surface area contributed by atoms with E-state index in [1.165, 1.54) is 31.4 Å². The van der Waals surface area contributed by atoms with Gasteiger partial charge in [0, 0.05) is 23.5 Å². The van der Waals surface area contributed by atoms with E-state index in [1.807, 2.05) is 24.3 Å². The average Bonchev–Trinajstić information content (AvgIpc) is 2.63. The van der Waals surface area contributed by atoms with Crippen molar-refractivity contribution >= 4 is 17.1 Å².